The van der Waals surface area contributed by atoms with Crippen LogP contribution in [0.4, 0.5) is 10.5 Å². The number of nitrogens with one attached hydrogen (secondary N) is 2. The van der Waals surface area contributed by atoms with Crippen LogP contribution in [-0.2, 0) is 4.74 Å². The third kappa shape index (κ3) is 2.44. The normalized spacial score (nSPS) is 15.2. The van der Waals surface area contributed by atoms with Crippen LogP contribution in [0.15, 0.2) is 41.3 Å². The minimum absolute atomic E-state index is 0.154. The van der Waals surface area contributed by atoms with Gasteiger partial charge in [-0.2, -0.15) is 0 Å². The van der Waals surface area contributed by atoms with E-state index in [0.717, 1.165) is 5.52 Å². The van der Waals surface area contributed by atoms with Gasteiger partial charge in [0.25, 0.3) is 5.56 Å². The molecule has 7 nitrogen and oxygen atoms in total. The Kier molecular flexibility index (Phi) is 3.27. The van der Waals surface area contributed by atoms with Crippen LogP contribution < -0.4 is 10.9 Å². The number of amides is 2. The monoisotopic (exact) mass is 312 g/mol. The number of fused-ring (bicyclic) bond motifs is 3. The minimum Gasteiger partial charge on any atom is -0.378 e. The maximum Gasteiger partial charge on any atom is 0.322 e. The Morgan fingerprint density at radius 2 is 2.00 bits per heavy atom. The number of carbonyl (C=O) groups is 1. The summed E-state index contributed by atoms with van der Waals surface area (Å²) in [5.41, 5.74) is 2.66. The summed E-state index contributed by atoms with van der Waals surface area (Å²) in [4.78, 5) is 28.8. The predicted molar refractivity (Wildman–Crippen MR) is 86.9 cm³/mol. The number of rotatable bonds is 1. The van der Waals surface area contributed by atoms with Gasteiger partial charge < -0.3 is 24.3 Å². The van der Waals surface area contributed by atoms with E-state index >= 15 is 0 Å². The predicted octanol–water partition coefficient (Wildman–Crippen LogP) is 1.64. The third-order valence-electron chi connectivity index (χ3n) is 4.04. The van der Waals surface area contributed by atoms with Crippen LogP contribution in [0.25, 0.3) is 16.6 Å². The molecule has 2 N–H and O–H groups in total. The second kappa shape index (κ2) is 5.44. The molecule has 2 aromatic heterocycles. The lowest BCUT2D eigenvalue weighted by Crippen LogP contribution is -2.43. The topological polar surface area (TPSA) is 78.8 Å². The molecule has 0 radical (unpaired) electrons. The fraction of sp³-hybridized carbons (Fsp3) is 0.250. The number of ether oxygens (including phenoxy) is 1. The Balaban J connectivity index is 1.67. The largest absolute Gasteiger partial charge is 0.378 e. The second-order valence-electron chi connectivity index (χ2n) is 5.48. The highest BCUT2D eigenvalue weighted by molar-refractivity contribution is 5.92. The lowest BCUT2D eigenvalue weighted by molar-refractivity contribution is 0.0564. The summed E-state index contributed by atoms with van der Waals surface area (Å²) in [6.45, 7) is 2.29. The molecule has 1 aliphatic heterocycles. The molecule has 0 unspecified atom stereocenters. The van der Waals surface area contributed by atoms with E-state index in [1.54, 1.807) is 17.0 Å². The van der Waals surface area contributed by atoms with Gasteiger partial charge in [-0.25, -0.2) is 4.79 Å². The molecular formula is C16H16N4O3. The number of aromatic amines is 1. The van der Waals surface area contributed by atoms with Gasteiger partial charge in [0.05, 0.1) is 24.2 Å². The zero-order valence-corrected chi connectivity index (χ0v) is 12.4. The molecule has 1 aromatic carbocycles. The van der Waals surface area contributed by atoms with Crippen molar-refractivity contribution in [2.75, 3.05) is 31.6 Å². The molecule has 7 heteroatoms. The number of anilines is 1. The van der Waals surface area contributed by atoms with Crippen LogP contribution in [0.1, 0.15) is 0 Å². The molecule has 2 amide bonds. The van der Waals surface area contributed by atoms with Crippen molar-refractivity contribution in [2.45, 2.75) is 0 Å². The number of carbonyl (C=O) groups excluding carboxylic acids is 1. The van der Waals surface area contributed by atoms with E-state index in [0.29, 0.717) is 43.0 Å². The molecule has 0 saturated carbocycles. The van der Waals surface area contributed by atoms with Gasteiger partial charge in [-0.3, -0.25) is 4.79 Å². The highest BCUT2D eigenvalue weighted by Crippen LogP contribution is 2.18. The van der Waals surface area contributed by atoms with E-state index in [1.807, 2.05) is 28.8 Å². The van der Waals surface area contributed by atoms with E-state index < -0.39 is 0 Å². The van der Waals surface area contributed by atoms with Crippen LogP contribution >= 0.6 is 0 Å². The van der Waals surface area contributed by atoms with Crippen molar-refractivity contribution in [1.29, 1.82) is 0 Å². The molecular weight excluding hydrogens is 296 g/mol. The van der Waals surface area contributed by atoms with Crippen molar-refractivity contribution in [3.05, 3.63) is 46.9 Å². The molecule has 1 saturated heterocycles. The van der Waals surface area contributed by atoms with Gasteiger partial charge in [0, 0.05) is 25.0 Å². The smallest absolute Gasteiger partial charge is 0.322 e. The lowest BCUT2D eigenvalue weighted by atomic mass is 10.2. The summed E-state index contributed by atoms with van der Waals surface area (Å²) in [5.74, 6) is 0. The van der Waals surface area contributed by atoms with Gasteiger partial charge in [0.15, 0.2) is 0 Å². The summed E-state index contributed by atoms with van der Waals surface area (Å²) < 4.78 is 7.08. The van der Waals surface area contributed by atoms with Gasteiger partial charge in [0.1, 0.15) is 5.52 Å². The maximum atomic E-state index is 12.2. The Labute approximate surface area is 131 Å². The number of morpholine rings is 1. The van der Waals surface area contributed by atoms with E-state index in [2.05, 4.69) is 10.3 Å². The minimum atomic E-state index is -0.156. The third-order valence-corrected chi connectivity index (χ3v) is 4.04. The summed E-state index contributed by atoms with van der Waals surface area (Å²) in [7, 11) is 0. The average molecular weight is 312 g/mol. The summed E-state index contributed by atoms with van der Waals surface area (Å²) in [6, 6.07) is 8.93. The quantitative estimate of drug-likeness (QED) is 0.717. The van der Waals surface area contributed by atoms with Crippen LogP contribution in [0, 0.1) is 0 Å². The first kappa shape index (κ1) is 13.8. The molecule has 1 fully saturated rings. The SMILES string of the molecule is O=C(Nc1ccc2c(c1)[nH]c(=O)c1cccn12)N1CCOCC1. The molecule has 3 heterocycles. The van der Waals surface area contributed by atoms with Gasteiger partial charge in [0.2, 0.25) is 0 Å². The van der Waals surface area contributed by atoms with Crippen molar-refractivity contribution in [2.24, 2.45) is 0 Å². The molecule has 0 bridgehead atoms. The number of H-pyrrole nitrogens is 1. The number of benzene rings is 1. The first-order chi connectivity index (χ1) is 11.2. The fourth-order valence-corrected chi connectivity index (χ4v) is 2.86. The van der Waals surface area contributed by atoms with Crippen molar-refractivity contribution in [3.63, 3.8) is 0 Å². The fourth-order valence-electron chi connectivity index (χ4n) is 2.86. The maximum absolute atomic E-state index is 12.2. The zero-order chi connectivity index (χ0) is 15.8. The van der Waals surface area contributed by atoms with Crippen molar-refractivity contribution >= 4 is 28.3 Å². The number of urea groups is 1. The van der Waals surface area contributed by atoms with E-state index in [-0.39, 0.29) is 11.6 Å². The van der Waals surface area contributed by atoms with Crippen LogP contribution in [0.2, 0.25) is 0 Å². The molecule has 0 aliphatic carbocycles. The molecule has 23 heavy (non-hydrogen) atoms. The first-order valence-electron chi connectivity index (χ1n) is 7.49. The number of aromatic nitrogens is 2. The molecule has 0 spiro atoms. The second-order valence-corrected chi connectivity index (χ2v) is 5.48. The van der Waals surface area contributed by atoms with Crippen molar-refractivity contribution in [1.82, 2.24) is 14.3 Å². The van der Waals surface area contributed by atoms with Gasteiger partial charge in [-0.15, -0.1) is 0 Å². The summed E-state index contributed by atoms with van der Waals surface area (Å²) >= 11 is 0. The van der Waals surface area contributed by atoms with Crippen molar-refractivity contribution in [3.8, 4) is 0 Å². The molecule has 3 aromatic rings. The lowest BCUT2D eigenvalue weighted by Gasteiger charge is -2.26. The zero-order valence-electron chi connectivity index (χ0n) is 12.4. The number of hydrogen-bond acceptors (Lipinski definition) is 3. The van der Waals surface area contributed by atoms with Crippen molar-refractivity contribution < 1.29 is 9.53 Å². The molecule has 4 rings (SSSR count). The Morgan fingerprint density at radius 3 is 2.83 bits per heavy atom. The standard InChI is InChI=1S/C16H16N4O3/c21-15-14-2-1-5-20(14)13-4-3-11(10-12(13)18-15)17-16(22)19-6-8-23-9-7-19/h1-5,10H,6-9H2,(H,17,22)(H,18,21). The van der Waals surface area contributed by atoms with Crippen LogP contribution in [-0.4, -0.2) is 46.6 Å². The van der Waals surface area contributed by atoms with Crippen LogP contribution in [0.3, 0.4) is 0 Å². The summed E-state index contributed by atoms with van der Waals surface area (Å²) in [5, 5.41) is 2.87. The van der Waals surface area contributed by atoms with Crippen LogP contribution in [0.5, 0.6) is 0 Å². The molecule has 1 aliphatic rings. The summed E-state index contributed by atoms with van der Waals surface area (Å²) in [6.07, 6.45) is 1.85. The van der Waals surface area contributed by atoms with E-state index in [9.17, 15) is 9.59 Å². The van der Waals surface area contributed by atoms with Gasteiger partial charge in [-0.05, 0) is 30.3 Å². The highest BCUT2D eigenvalue weighted by atomic mass is 16.5. The molecule has 0 atom stereocenters. The van der Waals surface area contributed by atoms with Gasteiger partial charge in [-0.1, -0.05) is 0 Å². The van der Waals surface area contributed by atoms with Gasteiger partial charge >= 0.3 is 6.03 Å². The Bertz CT molecular complexity index is 937. The van der Waals surface area contributed by atoms with E-state index in [4.69, 9.17) is 4.74 Å². The highest BCUT2D eigenvalue weighted by Gasteiger charge is 2.17. The number of hydrogen-bond donors (Lipinski definition) is 2. The number of nitrogens with zero attached hydrogens (tertiary/aromatic N) is 2. The Hall–Kier alpha value is -2.80. The average Bonchev–Trinajstić information content (AvgIpc) is 3.06. The van der Waals surface area contributed by atoms with E-state index in [1.165, 1.54) is 0 Å². The Morgan fingerprint density at radius 1 is 1.17 bits per heavy atom. The molecule has 118 valence electrons. The first-order valence-corrected chi connectivity index (χ1v) is 7.49.